The maximum absolute atomic E-state index is 6.54. The van der Waals surface area contributed by atoms with Crippen molar-refractivity contribution in [2.24, 2.45) is 11.7 Å². The Morgan fingerprint density at radius 3 is 2.73 bits per heavy atom. The lowest BCUT2D eigenvalue weighted by atomic mass is 9.99. The number of morpholine rings is 1. The van der Waals surface area contributed by atoms with Crippen LogP contribution in [0.4, 0.5) is 0 Å². The Kier molecular flexibility index (Phi) is 5.37. The van der Waals surface area contributed by atoms with Gasteiger partial charge in [-0.2, -0.15) is 0 Å². The van der Waals surface area contributed by atoms with E-state index in [9.17, 15) is 0 Å². The highest BCUT2D eigenvalue weighted by Gasteiger charge is 2.29. The van der Waals surface area contributed by atoms with Gasteiger partial charge in [-0.25, -0.2) is 0 Å². The molecule has 0 amide bonds. The minimum Gasteiger partial charge on any atom is -0.379 e. The van der Waals surface area contributed by atoms with Gasteiger partial charge in [0, 0.05) is 37.2 Å². The van der Waals surface area contributed by atoms with E-state index in [1.807, 2.05) is 0 Å². The van der Waals surface area contributed by atoms with Gasteiger partial charge in [-0.05, 0) is 43.1 Å². The van der Waals surface area contributed by atoms with Crippen molar-refractivity contribution >= 4 is 11.6 Å². The van der Waals surface area contributed by atoms with Crippen molar-refractivity contribution < 1.29 is 4.74 Å². The number of ether oxygens (including phenoxy) is 1. The third-order valence-electron chi connectivity index (χ3n) is 4.93. The minimum absolute atomic E-state index is 0.448. The summed E-state index contributed by atoms with van der Waals surface area (Å²) in [5.74, 6) is 0.599. The van der Waals surface area contributed by atoms with Crippen LogP contribution in [0.2, 0.25) is 5.02 Å². The molecule has 1 aromatic rings. The van der Waals surface area contributed by atoms with Crippen molar-refractivity contribution in [2.75, 3.05) is 46.4 Å². The largest absolute Gasteiger partial charge is 0.379 e. The first-order valence-corrected chi connectivity index (χ1v) is 8.54. The monoisotopic (exact) mass is 323 g/mol. The van der Waals surface area contributed by atoms with Crippen LogP contribution in [0, 0.1) is 5.92 Å². The van der Waals surface area contributed by atoms with Crippen LogP contribution >= 0.6 is 11.6 Å². The van der Waals surface area contributed by atoms with Crippen LogP contribution < -0.4 is 5.73 Å². The lowest BCUT2D eigenvalue weighted by molar-refractivity contribution is 0.0342. The van der Waals surface area contributed by atoms with Gasteiger partial charge in [-0.1, -0.05) is 23.7 Å². The summed E-state index contributed by atoms with van der Waals surface area (Å²) in [7, 11) is 2.18. The Morgan fingerprint density at radius 1 is 1.32 bits per heavy atom. The van der Waals surface area contributed by atoms with Crippen molar-refractivity contribution in [3.05, 3.63) is 34.3 Å². The van der Waals surface area contributed by atoms with Gasteiger partial charge in [0.2, 0.25) is 0 Å². The molecule has 2 N–H and O–H groups in total. The fraction of sp³-hybridized carbons (Fsp3) is 0.647. The SMILES string of the molecule is CN1CC(CN)CC1c1ccc(CN2CCOCC2)c(Cl)c1. The molecule has 2 aliphatic rings. The van der Waals surface area contributed by atoms with Crippen LogP contribution in [0.1, 0.15) is 23.6 Å². The maximum atomic E-state index is 6.54. The molecule has 0 radical (unpaired) electrons. The van der Waals surface area contributed by atoms with E-state index >= 15 is 0 Å². The van der Waals surface area contributed by atoms with Crippen LogP contribution in [0.3, 0.4) is 0 Å². The first kappa shape index (κ1) is 16.2. The summed E-state index contributed by atoms with van der Waals surface area (Å²) in [6.07, 6.45) is 1.13. The highest BCUT2D eigenvalue weighted by atomic mass is 35.5. The van der Waals surface area contributed by atoms with Crippen LogP contribution in [0.15, 0.2) is 18.2 Å². The summed E-state index contributed by atoms with van der Waals surface area (Å²) in [5, 5.41) is 0.883. The summed E-state index contributed by atoms with van der Waals surface area (Å²) in [5.41, 5.74) is 8.35. The van der Waals surface area contributed by atoms with Crippen molar-refractivity contribution in [3.63, 3.8) is 0 Å². The Labute approximate surface area is 138 Å². The topological polar surface area (TPSA) is 41.7 Å². The van der Waals surface area contributed by atoms with Gasteiger partial charge in [0.05, 0.1) is 13.2 Å². The number of hydrogen-bond acceptors (Lipinski definition) is 4. The zero-order chi connectivity index (χ0) is 15.5. The van der Waals surface area contributed by atoms with Gasteiger partial charge in [-0.15, -0.1) is 0 Å². The second-order valence-electron chi connectivity index (χ2n) is 6.53. The maximum Gasteiger partial charge on any atom is 0.0594 e. The van der Waals surface area contributed by atoms with E-state index in [2.05, 4.69) is 35.0 Å². The summed E-state index contributed by atoms with van der Waals surface area (Å²) < 4.78 is 5.40. The predicted octanol–water partition coefficient (Wildman–Crippen LogP) is 2.12. The van der Waals surface area contributed by atoms with E-state index in [4.69, 9.17) is 22.1 Å². The van der Waals surface area contributed by atoms with E-state index in [1.165, 1.54) is 11.1 Å². The standard InChI is InChI=1S/C17H26ClN3O/c1-20-11-13(10-19)8-17(20)14-2-3-15(16(18)9-14)12-21-4-6-22-7-5-21/h2-3,9,13,17H,4-8,10-12,19H2,1H3. The molecule has 2 unspecified atom stereocenters. The third kappa shape index (κ3) is 3.63. The molecule has 1 aromatic carbocycles. The van der Waals surface area contributed by atoms with Crippen LogP contribution in [-0.2, 0) is 11.3 Å². The predicted molar refractivity (Wildman–Crippen MR) is 90.1 cm³/mol. The Balaban J connectivity index is 1.69. The number of nitrogens with two attached hydrogens (primary N) is 1. The molecule has 0 saturated carbocycles. The van der Waals surface area contributed by atoms with E-state index < -0.39 is 0 Å². The summed E-state index contributed by atoms with van der Waals surface area (Å²) in [4.78, 5) is 4.79. The average Bonchev–Trinajstić information content (AvgIpc) is 2.91. The summed E-state index contributed by atoms with van der Waals surface area (Å²) >= 11 is 6.54. The van der Waals surface area contributed by atoms with Crippen LogP contribution in [0.25, 0.3) is 0 Å². The molecule has 4 nitrogen and oxygen atoms in total. The quantitative estimate of drug-likeness (QED) is 0.921. The highest BCUT2D eigenvalue weighted by Crippen LogP contribution is 2.35. The smallest absolute Gasteiger partial charge is 0.0594 e. The van der Waals surface area contributed by atoms with E-state index in [-0.39, 0.29) is 0 Å². The molecule has 5 heteroatoms. The lowest BCUT2D eigenvalue weighted by Crippen LogP contribution is -2.35. The Bertz CT molecular complexity index is 505. The molecule has 2 aliphatic heterocycles. The van der Waals surface area contributed by atoms with E-state index in [0.29, 0.717) is 12.0 Å². The Hall–Kier alpha value is -0.650. The van der Waals surface area contributed by atoms with Gasteiger partial charge >= 0.3 is 0 Å². The van der Waals surface area contributed by atoms with Crippen LogP contribution in [-0.4, -0.2) is 56.2 Å². The van der Waals surface area contributed by atoms with Crippen molar-refractivity contribution in [1.82, 2.24) is 9.80 Å². The van der Waals surface area contributed by atoms with Crippen molar-refractivity contribution in [1.29, 1.82) is 0 Å². The second-order valence-corrected chi connectivity index (χ2v) is 6.94. The zero-order valence-electron chi connectivity index (χ0n) is 13.3. The number of likely N-dealkylation sites (tertiary alicyclic amines) is 1. The third-order valence-corrected chi connectivity index (χ3v) is 5.28. The lowest BCUT2D eigenvalue weighted by Gasteiger charge is -2.27. The zero-order valence-corrected chi connectivity index (χ0v) is 14.1. The summed E-state index contributed by atoms with van der Waals surface area (Å²) in [6, 6.07) is 7.03. The fourth-order valence-corrected chi connectivity index (χ4v) is 3.81. The number of halogens is 1. The van der Waals surface area contributed by atoms with E-state index in [0.717, 1.165) is 57.4 Å². The van der Waals surface area contributed by atoms with Crippen molar-refractivity contribution in [2.45, 2.75) is 19.0 Å². The summed E-state index contributed by atoms with van der Waals surface area (Å²) in [6.45, 7) is 6.38. The van der Waals surface area contributed by atoms with Gasteiger partial charge in [0.1, 0.15) is 0 Å². The molecule has 2 saturated heterocycles. The van der Waals surface area contributed by atoms with Gasteiger partial charge in [-0.3, -0.25) is 9.80 Å². The molecule has 22 heavy (non-hydrogen) atoms. The first-order chi connectivity index (χ1) is 10.7. The van der Waals surface area contributed by atoms with Crippen LogP contribution in [0.5, 0.6) is 0 Å². The average molecular weight is 324 g/mol. The minimum atomic E-state index is 0.448. The number of rotatable bonds is 4. The molecular formula is C17H26ClN3O. The number of benzene rings is 1. The molecule has 122 valence electrons. The highest BCUT2D eigenvalue weighted by molar-refractivity contribution is 6.31. The Morgan fingerprint density at radius 2 is 2.09 bits per heavy atom. The molecule has 0 aliphatic carbocycles. The molecule has 2 fully saturated rings. The van der Waals surface area contributed by atoms with Gasteiger partial charge in [0.25, 0.3) is 0 Å². The number of nitrogens with zero attached hydrogens (tertiary/aromatic N) is 2. The van der Waals surface area contributed by atoms with E-state index in [1.54, 1.807) is 0 Å². The molecule has 2 atom stereocenters. The second kappa shape index (κ2) is 7.28. The van der Waals surface area contributed by atoms with Crippen molar-refractivity contribution in [3.8, 4) is 0 Å². The number of hydrogen-bond donors (Lipinski definition) is 1. The van der Waals surface area contributed by atoms with Gasteiger partial charge < -0.3 is 10.5 Å². The molecule has 0 spiro atoms. The molecule has 0 aromatic heterocycles. The first-order valence-electron chi connectivity index (χ1n) is 8.16. The normalized spacial score (nSPS) is 27.4. The molecular weight excluding hydrogens is 298 g/mol. The molecule has 0 bridgehead atoms. The molecule has 2 heterocycles. The fourth-order valence-electron chi connectivity index (χ4n) is 3.57. The molecule has 3 rings (SSSR count). The van der Waals surface area contributed by atoms with Gasteiger partial charge in [0.15, 0.2) is 0 Å².